The molecule has 0 saturated heterocycles. The minimum absolute atomic E-state index is 0.0462. The third kappa shape index (κ3) is 5.63. The molecule has 4 aromatic rings. The average Bonchev–Trinajstić information content (AvgIpc) is 3.55. The van der Waals surface area contributed by atoms with Crippen molar-refractivity contribution in [2.75, 3.05) is 19.5 Å². The molecule has 5 rings (SSSR count). The van der Waals surface area contributed by atoms with E-state index in [0.717, 1.165) is 5.56 Å². The van der Waals surface area contributed by atoms with Crippen LogP contribution in [-0.4, -0.2) is 31.0 Å². The molecule has 0 radical (unpaired) electrons. The molecule has 1 aromatic heterocycles. The summed E-state index contributed by atoms with van der Waals surface area (Å²) >= 11 is 0. The van der Waals surface area contributed by atoms with Crippen LogP contribution in [0.5, 0.6) is 23.0 Å². The molecule has 212 valence electrons. The van der Waals surface area contributed by atoms with Crippen molar-refractivity contribution in [2.24, 2.45) is 17.3 Å². The van der Waals surface area contributed by atoms with Crippen LogP contribution in [0, 0.1) is 28.9 Å². The van der Waals surface area contributed by atoms with E-state index in [0.29, 0.717) is 28.2 Å². The van der Waals surface area contributed by atoms with Crippen molar-refractivity contribution in [1.29, 1.82) is 0 Å². The van der Waals surface area contributed by atoms with E-state index in [9.17, 15) is 14.0 Å². The number of methoxy groups -OCH3 is 2. The van der Waals surface area contributed by atoms with Crippen LogP contribution in [0.4, 0.5) is 14.5 Å². The number of anilines is 1. The highest BCUT2D eigenvalue weighted by Crippen LogP contribution is 2.58. The Morgan fingerprint density at radius 2 is 1.54 bits per heavy atom. The van der Waals surface area contributed by atoms with E-state index in [-0.39, 0.29) is 35.6 Å². The summed E-state index contributed by atoms with van der Waals surface area (Å²) in [4.78, 5) is 30.2. The number of hydrogen-bond acceptors (Lipinski definition) is 6. The maximum absolute atomic E-state index is 15.1. The van der Waals surface area contributed by atoms with Gasteiger partial charge in [-0.05, 0) is 47.4 Å². The van der Waals surface area contributed by atoms with E-state index < -0.39 is 23.1 Å². The normalized spacial score (nSPS) is 17.0. The first-order valence-electron chi connectivity index (χ1n) is 12.9. The average molecular weight is 562 g/mol. The molecule has 2 amide bonds. The molecule has 1 heterocycles. The minimum atomic E-state index is -0.683. The number of hydrogen-bond donors (Lipinski definition) is 2. The van der Waals surface area contributed by atoms with Gasteiger partial charge in [0.25, 0.3) is 0 Å². The van der Waals surface area contributed by atoms with Gasteiger partial charge in [-0.2, -0.15) is 0 Å². The van der Waals surface area contributed by atoms with Crippen molar-refractivity contribution in [3.63, 3.8) is 0 Å². The molecule has 1 aliphatic carbocycles. The maximum Gasteiger partial charge on any atom is 0.228 e. The van der Waals surface area contributed by atoms with Gasteiger partial charge in [0.2, 0.25) is 11.8 Å². The molecule has 1 saturated carbocycles. The molecule has 2 atom stereocenters. The Bertz CT molecular complexity index is 1620. The van der Waals surface area contributed by atoms with E-state index >= 15 is 4.39 Å². The lowest BCUT2D eigenvalue weighted by Crippen LogP contribution is -2.27. The highest BCUT2D eigenvalue weighted by atomic mass is 19.1. The predicted octanol–water partition coefficient (Wildman–Crippen LogP) is 5.85. The van der Waals surface area contributed by atoms with Crippen LogP contribution in [0.15, 0.2) is 66.9 Å². The second kappa shape index (κ2) is 11.0. The highest BCUT2D eigenvalue weighted by Gasteiger charge is 2.65. The lowest BCUT2D eigenvalue weighted by molar-refractivity contribution is -0.125. The summed E-state index contributed by atoms with van der Waals surface area (Å²) in [5.74, 6) is -1.55. The van der Waals surface area contributed by atoms with Crippen LogP contribution >= 0.6 is 0 Å². The van der Waals surface area contributed by atoms with Gasteiger partial charge in [-0.3, -0.25) is 14.6 Å². The number of rotatable bonds is 9. The molecular weight excluding hydrogens is 532 g/mol. The summed E-state index contributed by atoms with van der Waals surface area (Å²) < 4.78 is 44.8. The lowest BCUT2D eigenvalue weighted by Gasteiger charge is -2.13. The van der Waals surface area contributed by atoms with Gasteiger partial charge in [0.1, 0.15) is 11.6 Å². The second-order valence-electron chi connectivity index (χ2n) is 10.4. The number of ether oxygens (including phenoxy) is 3. The van der Waals surface area contributed by atoms with E-state index in [4.69, 9.17) is 14.2 Å². The number of carbonyl (C=O) groups is 2. The number of benzene rings is 3. The first-order valence-corrected chi connectivity index (χ1v) is 12.9. The molecule has 2 N–H and O–H groups in total. The SMILES string of the molecule is COc1cc2nccc(Oc3ccc(NC(=O)[C@@H]4[C@H](C(=O)NCc5ccc(F)cc5)C4(C)C)cc3F)c2cc1OC. The molecule has 0 aliphatic heterocycles. The van der Waals surface area contributed by atoms with Crippen molar-refractivity contribution in [1.82, 2.24) is 10.3 Å². The summed E-state index contributed by atoms with van der Waals surface area (Å²) in [5, 5.41) is 6.13. The van der Waals surface area contributed by atoms with Crippen molar-refractivity contribution in [3.05, 3.63) is 84.1 Å². The van der Waals surface area contributed by atoms with E-state index in [1.165, 1.54) is 44.6 Å². The van der Waals surface area contributed by atoms with Gasteiger partial charge < -0.3 is 24.8 Å². The van der Waals surface area contributed by atoms with E-state index in [1.54, 1.807) is 36.5 Å². The van der Waals surface area contributed by atoms with E-state index in [1.807, 2.05) is 13.8 Å². The van der Waals surface area contributed by atoms with Crippen LogP contribution in [0.2, 0.25) is 0 Å². The second-order valence-corrected chi connectivity index (χ2v) is 10.4. The quantitative estimate of drug-likeness (QED) is 0.266. The molecule has 3 aromatic carbocycles. The zero-order valence-corrected chi connectivity index (χ0v) is 23.0. The van der Waals surface area contributed by atoms with Crippen LogP contribution < -0.4 is 24.8 Å². The fourth-order valence-electron chi connectivity index (χ4n) is 5.05. The number of pyridine rings is 1. The highest BCUT2D eigenvalue weighted by molar-refractivity contribution is 6.01. The third-order valence-corrected chi connectivity index (χ3v) is 7.40. The number of aromatic nitrogens is 1. The summed E-state index contributed by atoms with van der Waals surface area (Å²) in [6, 6.07) is 14.9. The standard InChI is InChI=1S/C31H29F2N3O5/c1-31(2)27(29(37)35-16-17-5-7-18(32)8-6-17)28(31)30(38)36-19-9-10-24(21(33)13-19)41-23-11-12-34-22-15-26(40-4)25(39-3)14-20(22)23/h5-15,27-28H,16H2,1-4H3,(H,35,37)(H,36,38)/t27-,28+/m1/s1. The van der Waals surface area contributed by atoms with Crippen LogP contribution in [0.1, 0.15) is 19.4 Å². The fraction of sp³-hybridized carbons (Fsp3) is 0.258. The molecule has 41 heavy (non-hydrogen) atoms. The number of fused-ring (bicyclic) bond motifs is 1. The van der Waals surface area contributed by atoms with E-state index in [2.05, 4.69) is 15.6 Å². The van der Waals surface area contributed by atoms with Crippen molar-refractivity contribution in [3.8, 4) is 23.0 Å². The molecule has 8 nitrogen and oxygen atoms in total. The van der Waals surface area contributed by atoms with Gasteiger partial charge in [-0.1, -0.05) is 26.0 Å². The van der Waals surface area contributed by atoms with Crippen molar-refractivity contribution < 1.29 is 32.6 Å². The van der Waals surface area contributed by atoms with Crippen molar-refractivity contribution in [2.45, 2.75) is 20.4 Å². The molecule has 1 fully saturated rings. The topological polar surface area (TPSA) is 98.8 Å². The molecule has 1 aliphatic rings. The van der Waals surface area contributed by atoms with Gasteiger partial charge in [0, 0.05) is 35.9 Å². The monoisotopic (exact) mass is 561 g/mol. The van der Waals surface area contributed by atoms with Gasteiger partial charge in [-0.25, -0.2) is 8.78 Å². The van der Waals surface area contributed by atoms with Gasteiger partial charge in [-0.15, -0.1) is 0 Å². The Kier molecular flexibility index (Phi) is 7.49. The summed E-state index contributed by atoms with van der Waals surface area (Å²) in [6.45, 7) is 3.89. The third-order valence-electron chi connectivity index (χ3n) is 7.40. The molecule has 10 heteroatoms. The molecular formula is C31H29F2N3O5. The van der Waals surface area contributed by atoms with Crippen LogP contribution in [0.3, 0.4) is 0 Å². The molecule has 0 bridgehead atoms. The Morgan fingerprint density at radius 1 is 0.854 bits per heavy atom. The van der Waals surface area contributed by atoms with Crippen LogP contribution in [0.25, 0.3) is 10.9 Å². The van der Waals surface area contributed by atoms with Crippen molar-refractivity contribution >= 4 is 28.4 Å². The Morgan fingerprint density at radius 3 is 2.22 bits per heavy atom. The lowest BCUT2D eigenvalue weighted by atomic mass is 10.1. The summed E-state index contributed by atoms with van der Waals surface area (Å²) in [6.07, 6.45) is 1.54. The molecule has 0 spiro atoms. The number of nitrogens with one attached hydrogen (secondary N) is 2. The maximum atomic E-state index is 15.1. The molecule has 0 unspecified atom stereocenters. The van der Waals surface area contributed by atoms with Crippen LogP contribution in [-0.2, 0) is 16.1 Å². The fourth-order valence-corrected chi connectivity index (χ4v) is 5.05. The zero-order valence-electron chi connectivity index (χ0n) is 23.0. The Balaban J connectivity index is 1.25. The predicted molar refractivity (Wildman–Crippen MR) is 149 cm³/mol. The minimum Gasteiger partial charge on any atom is -0.493 e. The number of amides is 2. The number of nitrogens with zero attached hydrogens (tertiary/aromatic N) is 1. The smallest absolute Gasteiger partial charge is 0.228 e. The van der Waals surface area contributed by atoms with Gasteiger partial charge in [0.05, 0.1) is 31.6 Å². The summed E-state index contributed by atoms with van der Waals surface area (Å²) in [5.41, 5.74) is 0.979. The van der Waals surface area contributed by atoms with Gasteiger partial charge >= 0.3 is 0 Å². The Hall–Kier alpha value is -4.73. The number of halogens is 2. The summed E-state index contributed by atoms with van der Waals surface area (Å²) in [7, 11) is 3.04. The number of carbonyl (C=O) groups excluding carboxylic acids is 2. The van der Waals surface area contributed by atoms with Gasteiger partial charge in [0.15, 0.2) is 23.1 Å². The first kappa shape index (κ1) is 27.8. The Labute approximate surface area is 235 Å². The zero-order chi connectivity index (χ0) is 29.3. The largest absolute Gasteiger partial charge is 0.493 e. The first-order chi connectivity index (χ1) is 19.6.